The second-order valence-corrected chi connectivity index (χ2v) is 12.7. The number of piperazine rings is 1. The van der Waals surface area contributed by atoms with Gasteiger partial charge < -0.3 is 34.6 Å². The van der Waals surface area contributed by atoms with Crippen LogP contribution in [0.3, 0.4) is 0 Å². The maximum absolute atomic E-state index is 14.2. The molecule has 0 unspecified atom stereocenters. The summed E-state index contributed by atoms with van der Waals surface area (Å²) >= 11 is 0. The van der Waals surface area contributed by atoms with Gasteiger partial charge in [-0.1, -0.05) is 36.4 Å². The maximum Gasteiger partial charge on any atom is 0.326 e. The van der Waals surface area contributed by atoms with Gasteiger partial charge in [-0.15, -0.1) is 0 Å². The van der Waals surface area contributed by atoms with Crippen LogP contribution >= 0.6 is 0 Å². The summed E-state index contributed by atoms with van der Waals surface area (Å²) in [5.41, 5.74) is 3.76. The summed E-state index contributed by atoms with van der Waals surface area (Å²) in [5.74, 6) is 1.60. The van der Waals surface area contributed by atoms with Crippen LogP contribution in [0.15, 0.2) is 66.9 Å². The van der Waals surface area contributed by atoms with E-state index in [9.17, 15) is 9.59 Å². The summed E-state index contributed by atoms with van der Waals surface area (Å²) in [7, 11) is 7.73. The van der Waals surface area contributed by atoms with Gasteiger partial charge in [0, 0.05) is 81.9 Å². The Morgan fingerprint density at radius 2 is 1.87 bits per heavy atom. The number of carbonyl (C=O) groups is 2. The molecule has 2 saturated heterocycles. The second kappa shape index (κ2) is 14.4. The predicted molar refractivity (Wildman–Crippen MR) is 184 cm³/mol. The lowest BCUT2D eigenvalue weighted by Crippen LogP contribution is -2.52. The monoisotopic (exact) mass is 639 g/mol. The molecule has 3 amide bonds. The Bertz CT molecular complexity index is 1590. The fourth-order valence-electron chi connectivity index (χ4n) is 6.34. The number of nitrogens with one attached hydrogen (secondary N) is 1. The molecule has 0 spiro atoms. The molecule has 12 nitrogen and oxygen atoms in total. The van der Waals surface area contributed by atoms with Crippen LogP contribution in [0.25, 0.3) is 0 Å². The van der Waals surface area contributed by atoms with Gasteiger partial charge in [-0.05, 0) is 45.3 Å². The molecule has 1 N–H and O–H groups in total. The molecule has 0 radical (unpaired) electrons. The highest BCUT2D eigenvalue weighted by Gasteiger charge is 2.40. The Kier molecular flexibility index (Phi) is 9.88. The van der Waals surface area contributed by atoms with Gasteiger partial charge in [-0.2, -0.15) is 4.98 Å². The minimum absolute atomic E-state index is 0.0441. The van der Waals surface area contributed by atoms with Crippen molar-refractivity contribution < 1.29 is 14.3 Å². The van der Waals surface area contributed by atoms with E-state index in [1.54, 1.807) is 24.3 Å². The largest absolute Gasteiger partial charge is 0.494 e. The molecule has 2 aromatic carbocycles. The van der Waals surface area contributed by atoms with Crippen molar-refractivity contribution in [3.05, 3.63) is 78.0 Å². The molecule has 0 saturated carbocycles. The average molecular weight is 640 g/mol. The Morgan fingerprint density at radius 1 is 1.09 bits per heavy atom. The van der Waals surface area contributed by atoms with Crippen molar-refractivity contribution in [1.29, 1.82) is 0 Å². The number of benzene rings is 2. The summed E-state index contributed by atoms with van der Waals surface area (Å²) in [5, 5.41) is 3.34. The van der Waals surface area contributed by atoms with Crippen LogP contribution in [0.4, 0.5) is 27.9 Å². The van der Waals surface area contributed by atoms with Gasteiger partial charge in [0.2, 0.25) is 11.9 Å². The minimum atomic E-state index is -0.217. The highest BCUT2D eigenvalue weighted by Crippen LogP contribution is 2.35. The summed E-state index contributed by atoms with van der Waals surface area (Å²) in [6.45, 7) is 6.51. The van der Waals surface area contributed by atoms with Crippen LogP contribution in [0.1, 0.15) is 17.5 Å². The van der Waals surface area contributed by atoms with Crippen molar-refractivity contribution >= 4 is 35.1 Å². The molecule has 3 aliphatic rings. The van der Waals surface area contributed by atoms with Gasteiger partial charge in [0.25, 0.3) is 0 Å². The van der Waals surface area contributed by atoms with Crippen LogP contribution in [0, 0.1) is 0 Å². The zero-order valence-electron chi connectivity index (χ0n) is 27.8. The quantitative estimate of drug-likeness (QED) is 0.334. The first-order valence-electron chi connectivity index (χ1n) is 16.3. The van der Waals surface area contributed by atoms with Gasteiger partial charge >= 0.3 is 6.03 Å². The van der Waals surface area contributed by atoms with Crippen molar-refractivity contribution in [2.75, 3.05) is 89.2 Å². The number of hydrogen-bond acceptors (Lipinski definition) is 9. The van der Waals surface area contributed by atoms with Crippen molar-refractivity contribution in [3.63, 3.8) is 0 Å². The Balaban J connectivity index is 1.25. The standard InChI is InChI=1S/C35H45N9O3/c1-39(2)15-8-11-32(45)42-16-14-29(25-42)44-33-27(24-43(35(44)46)23-26-9-6-5-7-10-26)22-36-34(38-33)37-30-13-12-28(21-31(30)47-4)41-19-17-40(3)18-20-41/h5-13,21-22,29H,14-20,23-25H2,1-4H3,(H,36,37,38)/b11-8+/t29-/m0/s1. The average Bonchev–Trinajstić information content (AvgIpc) is 3.56. The number of carbonyl (C=O) groups excluding carboxylic acids is 2. The van der Waals surface area contributed by atoms with Crippen LogP contribution < -0.4 is 19.9 Å². The normalized spacial score (nSPS) is 18.7. The number of hydrogen-bond donors (Lipinski definition) is 1. The molecule has 3 aromatic rings. The number of likely N-dealkylation sites (tertiary alicyclic amines) is 1. The van der Waals surface area contributed by atoms with Gasteiger partial charge in [-0.25, -0.2) is 9.78 Å². The Morgan fingerprint density at radius 3 is 2.62 bits per heavy atom. The third-order valence-electron chi connectivity index (χ3n) is 9.00. The molecule has 248 valence electrons. The van der Waals surface area contributed by atoms with Crippen molar-refractivity contribution in [2.24, 2.45) is 0 Å². The molecule has 3 aliphatic heterocycles. The predicted octanol–water partition coefficient (Wildman–Crippen LogP) is 3.64. The van der Waals surface area contributed by atoms with Crippen molar-refractivity contribution in [1.82, 2.24) is 29.6 Å². The van der Waals surface area contributed by atoms with Crippen LogP contribution in [0.5, 0.6) is 5.75 Å². The Hall–Kier alpha value is -4.68. The van der Waals surface area contributed by atoms with Gasteiger partial charge in [-0.3, -0.25) is 9.69 Å². The first-order chi connectivity index (χ1) is 22.8. The molecule has 4 heterocycles. The lowest BCUT2D eigenvalue weighted by Gasteiger charge is -2.39. The maximum atomic E-state index is 14.2. The molecule has 1 aromatic heterocycles. The van der Waals surface area contributed by atoms with Crippen LogP contribution in [-0.4, -0.2) is 122 Å². The number of likely N-dealkylation sites (N-methyl/N-ethyl adjacent to an activating group) is 2. The molecule has 0 aliphatic carbocycles. The highest BCUT2D eigenvalue weighted by atomic mass is 16.5. The molecule has 2 fully saturated rings. The van der Waals surface area contributed by atoms with E-state index in [0.717, 1.165) is 48.7 Å². The molecular weight excluding hydrogens is 594 g/mol. The smallest absolute Gasteiger partial charge is 0.326 e. The SMILES string of the molecule is COc1cc(N2CCN(C)CC2)ccc1Nc1ncc2c(n1)N([C@H]1CCN(C(=O)/C=C/CN(C)C)C1)C(=O)N(Cc1ccccc1)C2. The van der Waals surface area contributed by atoms with Crippen molar-refractivity contribution in [2.45, 2.75) is 25.6 Å². The third kappa shape index (κ3) is 7.50. The fraction of sp³-hybridized carbons (Fsp3) is 0.429. The molecule has 12 heteroatoms. The van der Waals surface area contributed by atoms with Crippen LogP contribution in [0.2, 0.25) is 0 Å². The van der Waals surface area contributed by atoms with E-state index in [4.69, 9.17) is 9.72 Å². The number of aromatic nitrogens is 2. The first-order valence-corrected chi connectivity index (χ1v) is 16.3. The number of rotatable bonds is 10. The van der Waals surface area contributed by atoms with E-state index in [0.29, 0.717) is 56.7 Å². The third-order valence-corrected chi connectivity index (χ3v) is 9.00. The zero-order valence-corrected chi connectivity index (χ0v) is 27.8. The highest BCUT2D eigenvalue weighted by molar-refractivity contribution is 5.95. The van der Waals surface area contributed by atoms with E-state index < -0.39 is 0 Å². The summed E-state index contributed by atoms with van der Waals surface area (Å²) < 4.78 is 5.78. The zero-order chi connectivity index (χ0) is 32.9. The summed E-state index contributed by atoms with van der Waals surface area (Å²) in [6, 6.07) is 15.8. The lowest BCUT2D eigenvalue weighted by atomic mass is 10.1. The summed E-state index contributed by atoms with van der Waals surface area (Å²) in [4.78, 5) is 48.9. The number of ether oxygens (including phenoxy) is 1. The minimum Gasteiger partial charge on any atom is -0.494 e. The van der Waals surface area contributed by atoms with Gasteiger partial charge in [0.15, 0.2) is 0 Å². The first kappa shape index (κ1) is 32.3. The number of amides is 3. The number of nitrogens with zero attached hydrogens (tertiary/aromatic N) is 8. The van der Waals surface area contributed by atoms with E-state index in [-0.39, 0.29) is 18.0 Å². The molecule has 47 heavy (non-hydrogen) atoms. The second-order valence-electron chi connectivity index (χ2n) is 12.7. The number of urea groups is 1. The molecule has 0 bridgehead atoms. The molecular formula is C35H45N9O3. The summed E-state index contributed by atoms with van der Waals surface area (Å²) in [6.07, 6.45) is 5.96. The number of methoxy groups -OCH3 is 1. The van der Waals surface area contributed by atoms with Crippen LogP contribution in [-0.2, 0) is 17.9 Å². The number of fused-ring (bicyclic) bond motifs is 1. The molecule has 6 rings (SSSR count). The van der Waals surface area contributed by atoms with Crippen molar-refractivity contribution in [3.8, 4) is 5.75 Å². The fourth-order valence-corrected chi connectivity index (χ4v) is 6.34. The van der Waals surface area contributed by atoms with Gasteiger partial charge in [0.05, 0.1) is 25.4 Å². The Labute approximate surface area is 277 Å². The number of anilines is 4. The van der Waals surface area contributed by atoms with E-state index >= 15 is 0 Å². The molecule has 1 atom stereocenters. The van der Waals surface area contributed by atoms with E-state index in [1.165, 1.54) is 0 Å². The lowest BCUT2D eigenvalue weighted by molar-refractivity contribution is -0.125. The van der Waals surface area contributed by atoms with E-state index in [2.05, 4.69) is 33.2 Å². The topological polar surface area (TPSA) is 101 Å². The van der Waals surface area contributed by atoms with E-state index in [1.807, 2.05) is 77.3 Å². The van der Waals surface area contributed by atoms with Gasteiger partial charge in [0.1, 0.15) is 11.6 Å².